The molecule has 0 aliphatic carbocycles. The largest absolute Gasteiger partial charge is 0.508 e. The molecule has 0 heterocycles. The van der Waals surface area contributed by atoms with Crippen molar-refractivity contribution in [3.05, 3.63) is 29.8 Å². The number of aromatic hydroxyl groups is 1. The number of carbonyl (C=O) groups is 2. The number of hydrogen-bond acceptors (Lipinski definition) is 4. The average molecular weight is 279 g/mol. The van der Waals surface area contributed by atoms with Crippen molar-refractivity contribution in [2.24, 2.45) is 0 Å². The van der Waals surface area contributed by atoms with Crippen molar-refractivity contribution >= 4 is 12.4 Å². The molecule has 5 nitrogen and oxygen atoms in total. The molecular formula is C15H21NO4. The van der Waals surface area contributed by atoms with E-state index in [1.54, 1.807) is 45.9 Å². The first kappa shape index (κ1) is 16.0. The number of para-hydroxylation sites is 1. The van der Waals surface area contributed by atoms with E-state index < -0.39 is 17.2 Å². The van der Waals surface area contributed by atoms with Crippen LogP contribution in [0.1, 0.15) is 33.3 Å². The quantitative estimate of drug-likeness (QED) is 0.830. The minimum Gasteiger partial charge on any atom is -0.508 e. The van der Waals surface area contributed by atoms with Gasteiger partial charge in [-0.3, -0.25) is 0 Å². The summed E-state index contributed by atoms with van der Waals surface area (Å²) in [6.07, 6.45) is 0.161. The van der Waals surface area contributed by atoms with E-state index in [1.807, 2.05) is 0 Å². The number of phenols is 1. The Morgan fingerprint density at radius 2 is 1.90 bits per heavy atom. The fourth-order valence-corrected chi connectivity index (χ4v) is 1.71. The van der Waals surface area contributed by atoms with Gasteiger partial charge in [-0.25, -0.2) is 4.79 Å². The molecule has 0 bridgehead atoms. The Bertz CT molecular complexity index is 493. The van der Waals surface area contributed by atoms with Crippen molar-refractivity contribution in [1.29, 1.82) is 0 Å². The lowest BCUT2D eigenvalue weighted by Crippen LogP contribution is -2.50. The van der Waals surface area contributed by atoms with Crippen LogP contribution in [-0.4, -0.2) is 28.6 Å². The van der Waals surface area contributed by atoms with Crippen LogP contribution in [0.4, 0.5) is 4.79 Å². The normalized spacial score (nSPS) is 14.2. The van der Waals surface area contributed by atoms with Gasteiger partial charge in [0.15, 0.2) is 0 Å². The van der Waals surface area contributed by atoms with E-state index in [2.05, 4.69) is 5.32 Å². The van der Waals surface area contributed by atoms with Crippen molar-refractivity contribution < 1.29 is 19.4 Å². The summed E-state index contributed by atoms with van der Waals surface area (Å²) in [5.41, 5.74) is -1.19. The molecule has 0 aromatic heterocycles. The zero-order valence-corrected chi connectivity index (χ0v) is 12.3. The van der Waals surface area contributed by atoms with Crippen molar-refractivity contribution in [3.63, 3.8) is 0 Å². The minimum atomic E-state index is -1.14. The maximum Gasteiger partial charge on any atom is 0.408 e. The summed E-state index contributed by atoms with van der Waals surface area (Å²) in [7, 11) is 0. The number of aldehydes is 1. The molecule has 1 amide bonds. The molecule has 0 saturated heterocycles. The molecule has 1 aromatic carbocycles. The fourth-order valence-electron chi connectivity index (χ4n) is 1.71. The van der Waals surface area contributed by atoms with Crippen LogP contribution in [0.15, 0.2) is 24.3 Å². The molecular weight excluding hydrogens is 258 g/mol. The highest BCUT2D eigenvalue weighted by molar-refractivity contribution is 5.76. The topological polar surface area (TPSA) is 75.6 Å². The number of alkyl carbamates (subject to hydrolysis) is 1. The Morgan fingerprint density at radius 1 is 1.30 bits per heavy atom. The number of phenolic OH excluding ortho intramolecular Hbond substituents is 1. The first-order chi connectivity index (χ1) is 9.15. The van der Waals surface area contributed by atoms with Crippen LogP contribution in [0.3, 0.4) is 0 Å². The molecule has 0 aliphatic rings. The zero-order valence-electron chi connectivity index (χ0n) is 12.3. The Hall–Kier alpha value is -2.04. The molecule has 20 heavy (non-hydrogen) atoms. The summed E-state index contributed by atoms with van der Waals surface area (Å²) in [6.45, 7) is 6.81. The van der Waals surface area contributed by atoms with Gasteiger partial charge in [0, 0.05) is 6.42 Å². The van der Waals surface area contributed by atoms with Crippen molar-refractivity contribution in [3.8, 4) is 5.75 Å². The fraction of sp³-hybridized carbons (Fsp3) is 0.467. The average Bonchev–Trinajstić information content (AvgIpc) is 2.29. The van der Waals surface area contributed by atoms with Gasteiger partial charge in [0.2, 0.25) is 0 Å². The monoisotopic (exact) mass is 279 g/mol. The van der Waals surface area contributed by atoms with E-state index in [0.29, 0.717) is 11.8 Å². The highest BCUT2D eigenvalue weighted by atomic mass is 16.6. The van der Waals surface area contributed by atoms with Crippen LogP contribution < -0.4 is 5.32 Å². The van der Waals surface area contributed by atoms with Gasteiger partial charge in [-0.15, -0.1) is 0 Å². The summed E-state index contributed by atoms with van der Waals surface area (Å²) in [4.78, 5) is 23.0. The number of carbonyl (C=O) groups excluding carboxylic acids is 2. The van der Waals surface area contributed by atoms with Crippen LogP contribution in [0.25, 0.3) is 0 Å². The van der Waals surface area contributed by atoms with E-state index in [-0.39, 0.29) is 12.2 Å². The van der Waals surface area contributed by atoms with E-state index in [1.165, 1.54) is 6.07 Å². The molecule has 2 N–H and O–H groups in total. The lowest BCUT2D eigenvalue weighted by Gasteiger charge is -2.27. The summed E-state index contributed by atoms with van der Waals surface area (Å²) < 4.78 is 5.13. The maximum absolute atomic E-state index is 11.8. The molecule has 0 radical (unpaired) electrons. The number of rotatable bonds is 4. The van der Waals surface area contributed by atoms with Gasteiger partial charge in [0.1, 0.15) is 23.2 Å². The summed E-state index contributed by atoms with van der Waals surface area (Å²) in [5.74, 6) is 0.0894. The molecule has 0 aliphatic heterocycles. The third-order valence-electron chi connectivity index (χ3n) is 2.60. The van der Waals surface area contributed by atoms with E-state index in [9.17, 15) is 14.7 Å². The number of benzene rings is 1. The molecule has 5 heteroatoms. The van der Waals surface area contributed by atoms with Crippen LogP contribution in [0.5, 0.6) is 5.75 Å². The van der Waals surface area contributed by atoms with Crippen molar-refractivity contribution in [1.82, 2.24) is 5.32 Å². The van der Waals surface area contributed by atoms with Crippen LogP contribution >= 0.6 is 0 Å². The molecule has 110 valence electrons. The molecule has 1 aromatic rings. The SMILES string of the molecule is CC(C=O)(Cc1ccccc1O)NC(=O)OC(C)(C)C. The molecule has 1 atom stereocenters. The third-order valence-corrected chi connectivity index (χ3v) is 2.60. The van der Waals surface area contributed by atoms with Gasteiger partial charge in [0.25, 0.3) is 0 Å². The molecule has 0 fully saturated rings. The second-order valence-electron chi connectivity index (χ2n) is 5.97. The van der Waals surface area contributed by atoms with E-state index in [4.69, 9.17) is 4.74 Å². The number of ether oxygens (including phenoxy) is 1. The lowest BCUT2D eigenvalue weighted by atomic mass is 9.94. The van der Waals surface area contributed by atoms with Gasteiger partial charge < -0.3 is 20.0 Å². The number of hydrogen-bond donors (Lipinski definition) is 2. The summed E-state index contributed by atoms with van der Waals surface area (Å²) in [5, 5.41) is 12.3. The Labute approximate surface area is 118 Å². The predicted octanol–water partition coefficient (Wildman–Crippen LogP) is 2.42. The number of nitrogens with one attached hydrogen (secondary N) is 1. The molecule has 1 unspecified atom stereocenters. The highest BCUT2D eigenvalue weighted by Gasteiger charge is 2.29. The Kier molecular flexibility index (Phi) is 4.76. The van der Waals surface area contributed by atoms with Gasteiger partial charge in [-0.05, 0) is 39.3 Å². The lowest BCUT2D eigenvalue weighted by molar-refractivity contribution is -0.112. The van der Waals surface area contributed by atoms with Gasteiger partial charge in [-0.2, -0.15) is 0 Å². The van der Waals surface area contributed by atoms with E-state index in [0.717, 1.165) is 0 Å². The highest BCUT2D eigenvalue weighted by Crippen LogP contribution is 2.21. The van der Waals surface area contributed by atoms with Crippen LogP contribution in [0.2, 0.25) is 0 Å². The van der Waals surface area contributed by atoms with Gasteiger partial charge in [-0.1, -0.05) is 18.2 Å². The predicted molar refractivity (Wildman–Crippen MR) is 75.6 cm³/mol. The van der Waals surface area contributed by atoms with Crippen molar-refractivity contribution in [2.45, 2.75) is 45.3 Å². The molecule has 0 saturated carbocycles. The smallest absolute Gasteiger partial charge is 0.408 e. The third kappa shape index (κ3) is 4.91. The zero-order chi connectivity index (χ0) is 15.4. The Balaban J connectivity index is 2.80. The van der Waals surface area contributed by atoms with Crippen LogP contribution in [0, 0.1) is 0 Å². The van der Waals surface area contributed by atoms with Crippen LogP contribution in [-0.2, 0) is 16.0 Å². The first-order valence-corrected chi connectivity index (χ1v) is 6.39. The summed E-state index contributed by atoms with van der Waals surface area (Å²) >= 11 is 0. The van der Waals surface area contributed by atoms with Gasteiger partial charge in [0.05, 0.1) is 0 Å². The number of amides is 1. The maximum atomic E-state index is 11.8. The first-order valence-electron chi connectivity index (χ1n) is 6.39. The van der Waals surface area contributed by atoms with E-state index >= 15 is 0 Å². The second kappa shape index (κ2) is 5.94. The minimum absolute atomic E-state index is 0.0894. The summed E-state index contributed by atoms with van der Waals surface area (Å²) in [6, 6.07) is 6.69. The standard InChI is InChI=1S/C15H21NO4/c1-14(2,3)20-13(19)16-15(4,10-17)9-11-7-5-6-8-12(11)18/h5-8,10,18H,9H2,1-4H3,(H,16,19). The Morgan fingerprint density at radius 3 is 2.40 bits per heavy atom. The second-order valence-corrected chi connectivity index (χ2v) is 5.97. The molecule has 0 spiro atoms. The molecule has 1 rings (SSSR count). The van der Waals surface area contributed by atoms with Crippen molar-refractivity contribution in [2.75, 3.05) is 0 Å². The van der Waals surface area contributed by atoms with Gasteiger partial charge >= 0.3 is 6.09 Å².